The molecule has 0 radical (unpaired) electrons. The number of ether oxygens (including phenoxy) is 1. The zero-order chi connectivity index (χ0) is 17.4. The van der Waals surface area contributed by atoms with Crippen molar-refractivity contribution in [3.8, 4) is 0 Å². The van der Waals surface area contributed by atoms with Crippen molar-refractivity contribution >= 4 is 27.5 Å². The number of methoxy groups -OCH3 is 1. The molecule has 0 atom stereocenters. The molecule has 0 aliphatic heterocycles. The highest BCUT2D eigenvalue weighted by molar-refractivity contribution is 5.98. The van der Waals surface area contributed by atoms with E-state index in [9.17, 15) is 4.79 Å². The average molecular weight is 332 g/mol. The van der Waals surface area contributed by atoms with E-state index >= 15 is 0 Å². The molecule has 0 bridgehead atoms. The monoisotopic (exact) mass is 332 g/mol. The molecule has 0 spiro atoms. The third-order valence-electron chi connectivity index (χ3n) is 6.03. The van der Waals surface area contributed by atoms with Crippen LogP contribution in [0.2, 0.25) is 0 Å². The van der Waals surface area contributed by atoms with E-state index in [2.05, 4.69) is 61.5 Å². The summed E-state index contributed by atoms with van der Waals surface area (Å²) in [6.45, 7) is 2.34. The zero-order valence-electron chi connectivity index (χ0n) is 14.9. The minimum absolute atomic E-state index is 0.0490. The number of esters is 1. The molecule has 0 amide bonds. The number of benzene rings is 3. The van der Waals surface area contributed by atoms with Crippen molar-refractivity contribution in [1.29, 1.82) is 0 Å². The molecule has 1 fully saturated rings. The van der Waals surface area contributed by atoms with Gasteiger partial charge in [-0.1, -0.05) is 49.4 Å². The van der Waals surface area contributed by atoms with Gasteiger partial charge in [0.15, 0.2) is 0 Å². The molecule has 0 saturated heterocycles. The molecule has 1 aliphatic carbocycles. The fourth-order valence-corrected chi connectivity index (χ4v) is 4.26. The second kappa shape index (κ2) is 6.18. The average Bonchev–Trinajstić information content (AvgIpc) is 2.66. The van der Waals surface area contributed by atoms with Gasteiger partial charge in [0.1, 0.15) is 0 Å². The van der Waals surface area contributed by atoms with E-state index < -0.39 is 0 Å². The van der Waals surface area contributed by atoms with Crippen molar-refractivity contribution in [3.63, 3.8) is 0 Å². The lowest BCUT2D eigenvalue weighted by Gasteiger charge is -2.37. The zero-order valence-corrected chi connectivity index (χ0v) is 14.9. The van der Waals surface area contributed by atoms with Gasteiger partial charge in [-0.25, -0.2) is 0 Å². The molecular formula is C23H24O2. The van der Waals surface area contributed by atoms with Crippen LogP contribution in [0.4, 0.5) is 0 Å². The number of fused-ring (bicyclic) bond motifs is 2. The van der Waals surface area contributed by atoms with Crippen LogP contribution in [0.5, 0.6) is 0 Å². The summed E-state index contributed by atoms with van der Waals surface area (Å²) < 4.78 is 4.92. The van der Waals surface area contributed by atoms with Crippen LogP contribution < -0.4 is 0 Å². The molecule has 0 aromatic heterocycles. The van der Waals surface area contributed by atoms with Crippen LogP contribution in [0.25, 0.3) is 21.5 Å². The van der Waals surface area contributed by atoms with Gasteiger partial charge in [-0.15, -0.1) is 0 Å². The van der Waals surface area contributed by atoms with Crippen LogP contribution in [0.1, 0.15) is 38.2 Å². The first-order valence-electron chi connectivity index (χ1n) is 9.10. The van der Waals surface area contributed by atoms with Crippen molar-refractivity contribution in [2.45, 2.75) is 38.0 Å². The Bertz CT molecular complexity index is 933. The summed E-state index contributed by atoms with van der Waals surface area (Å²) in [6, 6.07) is 19.9. The number of carbonyl (C=O) groups excluding carboxylic acids is 1. The summed E-state index contributed by atoms with van der Waals surface area (Å²) in [5.74, 6) is 0.0227. The van der Waals surface area contributed by atoms with Crippen molar-refractivity contribution < 1.29 is 9.53 Å². The van der Waals surface area contributed by atoms with Gasteiger partial charge in [0.25, 0.3) is 0 Å². The standard InChI is InChI=1S/C23H24O2/c1-23(11-9-16(10-12-23)22(24)25-2)21-8-7-19-13-17-5-3-4-6-18(17)14-20(19)15-21/h3-8,13-16H,9-12H2,1-2H3. The highest BCUT2D eigenvalue weighted by Gasteiger charge is 2.35. The van der Waals surface area contributed by atoms with Gasteiger partial charge in [-0.3, -0.25) is 4.79 Å². The lowest BCUT2D eigenvalue weighted by molar-refractivity contribution is -0.146. The Balaban J connectivity index is 1.67. The molecule has 25 heavy (non-hydrogen) atoms. The third kappa shape index (κ3) is 2.90. The quantitative estimate of drug-likeness (QED) is 0.450. The lowest BCUT2D eigenvalue weighted by Crippen LogP contribution is -2.32. The minimum Gasteiger partial charge on any atom is -0.469 e. The Morgan fingerprint density at radius 1 is 0.920 bits per heavy atom. The van der Waals surface area contributed by atoms with Crippen molar-refractivity contribution in [2.75, 3.05) is 7.11 Å². The molecule has 1 saturated carbocycles. The first-order valence-corrected chi connectivity index (χ1v) is 9.10. The van der Waals surface area contributed by atoms with E-state index in [-0.39, 0.29) is 17.3 Å². The smallest absolute Gasteiger partial charge is 0.308 e. The largest absolute Gasteiger partial charge is 0.469 e. The lowest BCUT2D eigenvalue weighted by atomic mass is 9.68. The highest BCUT2D eigenvalue weighted by Crippen LogP contribution is 2.42. The molecule has 2 nitrogen and oxygen atoms in total. The van der Waals surface area contributed by atoms with E-state index in [0.717, 1.165) is 25.7 Å². The van der Waals surface area contributed by atoms with E-state index in [1.807, 2.05) is 0 Å². The maximum absolute atomic E-state index is 11.8. The maximum atomic E-state index is 11.8. The van der Waals surface area contributed by atoms with Crippen LogP contribution in [0.3, 0.4) is 0 Å². The predicted molar refractivity (Wildman–Crippen MR) is 103 cm³/mol. The van der Waals surface area contributed by atoms with Gasteiger partial charge in [-0.2, -0.15) is 0 Å². The molecule has 2 heteroatoms. The summed E-state index contributed by atoms with van der Waals surface area (Å²) in [4.78, 5) is 11.8. The van der Waals surface area contributed by atoms with Crippen LogP contribution in [-0.4, -0.2) is 13.1 Å². The normalized spacial score (nSPS) is 23.7. The van der Waals surface area contributed by atoms with E-state index in [1.54, 1.807) is 0 Å². The van der Waals surface area contributed by atoms with Crippen molar-refractivity contribution in [1.82, 2.24) is 0 Å². The van der Waals surface area contributed by atoms with Gasteiger partial charge in [0.2, 0.25) is 0 Å². The molecule has 0 N–H and O–H groups in total. The molecule has 1 aliphatic rings. The Morgan fingerprint density at radius 3 is 2.16 bits per heavy atom. The maximum Gasteiger partial charge on any atom is 0.308 e. The predicted octanol–water partition coefficient (Wildman–Crippen LogP) is 5.61. The molecule has 128 valence electrons. The Hall–Kier alpha value is -2.35. The first kappa shape index (κ1) is 16.1. The van der Waals surface area contributed by atoms with Crippen LogP contribution in [0, 0.1) is 5.92 Å². The van der Waals surface area contributed by atoms with Gasteiger partial charge in [-0.05, 0) is 70.3 Å². The molecule has 0 unspecified atom stereocenters. The summed E-state index contributed by atoms with van der Waals surface area (Å²) in [7, 11) is 1.49. The number of hydrogen-bond donors (Lipinski definition) is 0. The van der Waals surface area contributed by atoms with Crippen molar-refractivity contribution in [3.05, 3.63) is 60.2 Å². The van der Waals surface area contributed by atoms with Crippen molar-refractivity contribution in [2.24, 2.45) is 5.92 Å². The summed E-state index contributed by atoms with van der Waals surface area (Å²) >= 11 is 0. The summed E-state index contributed by atoms with van der Waals surface area (Å²) in [5.41, 5.74) is 1.53. The third-order valence-corrected chi connectivity index (χ3v) is 6.03. The van der Waals surface area contributed by atoms with Gasteiger partial charge < -0.3 is 4.74 Å². The van der Waals surface area contributed by atoms with Crippen LogP contribution >= 0.6 is 0 Å². The van der Waals surface area contributed by atoms with Gasteiger partial charge in [0.05, 0.1) is 13.0 Å². The fraction of sp³-hybridized carbons (Fsp3) is 0.348. The molecule has 0 heterocycles. The fourth-order valence-electron chi connectivity index (χ4n) is 4.26. The van der Waals surface area contributed by atoms with Crippen LogP contribution in [-0.2, 0) is 14.9 Å². The highest BCUT2D eigenvalue weighted by atomic mass is 16.5. The van der Waals surface area contributed by atoms with E-state index in [0.29, 0.717) is 0 Å². The number of hydrogen-bond acceptors (Lipinski definition) is 2. The Morgan fingerprint density at radius 2 is 1.52 bits per heavy atom. The van der Waals surface area contributed by atoms with E-state index in [1.165, 1.54) is 34.2 Å². The topological polar surface area (TPSA) is 26.3 Å². The van der Waals surface area contributed by atoms with Gasteiger partial charge >= 0.3 is 5.97 Å². The second-order valence-corrected chi connectivity index (χ2v) is 7.62. The SMILES string of the molecule is COC(=O)C1CCC(C)(c2ccc3cc4ccccc4cc3c2)CC1. The summed E-state index contributed by atoms with van der Waals surface area (Å²) in [6.07, 6.45) is 3.90. The van der Waals surface area contributed by atoms with Gasteiger partial charge in [0, 0.05) is 0 Å². The molecule has 4 rings (SSSR count). The molecule has 3 aromatic rings. The summed E-state index contributed by atoms with van der Waals surface area (Å²) in [5, 5.41) is 5.15. The molecule has 3 aromatic carbocycles. The first-order chi connectivity index (χ1) is 12.1. The molecular weight excluding hydrogens is 308 g/mol. The van der Waals surface area contributed by atoms with E-state index in [4.69, 9.17) is 4.74 Å². The number of rotatable bonds is 2. The number of carbonyl (C=O) groups is 1. The van der Waals surface area contributed by atoms with Crippen LogP contribution in [0.15, 0.2) is 54.6 Å². The second-order valence-electron chi connectivity index (χ2n) is 7.62. The Kier molecular flexibility index (Phi) is 3.99. The minimum atomic E-state index is -0.0490. The Labute approximate surface area is 148 Å².